The second kappa shape index (κ2) is 8.84. The number of hydrogen-bond acceptors (Lipinski definition) is 7. The molecule has 0 aliphatic carbocycles. The van der Waals surface area contributed by atoms with Crippen LogP contribution in [-0.2, 0) is 19.0 Å². The maximum atomic E-state index is 11.7. The van der Waals surface area contributed by atoms with Crippen molar-refractivity contribution in [1.29, 1.82) is 0 Å². The van der Waals surface area contributed by atoms with Crippen molar-refractivity contribution in [2.24, 2.45) is 0 Å². The summed E-state index contributed by atoms with van der Waals surface area (Å²) in [6, 6.07) is 4.60. The monoisotopic (exact) mass is 380 g/mol. The van der Waals surface area contributed by atoms with Crippen LogP contribution in [0.5, 0.6) is 5.75 Å². The number of carbonyl (C=O) groups excluding carboxylic acids is 1. The molecule has 0 radical (unpaired) electrons. The van der Waals surface area contributed by atoms with Gasteiger partial charge >= 0.3 is 5.97 Å². The Bertz CT molecular complexity index is 569. The lowest BCUT2D eigenvalue weighted by molar-refractivity contribution is -0.251. The number of ether oxygens (including phenoxy) is 4. The summed E-state index contributed by atoms with van der Waals surface area (Å²) in [5, 5.41) is 20.3. The molecule has 1 fully saturated rings. The number of esters is 1. The highest BCUT2D eigenvalue weighted by molar-refractivity contribution is 6.35. The molecule has 0 saturated carbocycles. The molecule has 0 spiro atoms. The van der Waals surface area contributed by atoms with Gasteiger partial charge in [-0.1, -0.05) is 23.2 Å². The van der Waals surface area contributed by atoms with Gasteiger partial charge in [-0.15, -0.1) is 0 Å². The molecule has 2 rings (SSSR count). The largest absolute Gasteiger partial charge is 0.480 e. The number of rotatable bonds is 6. The number of benzene rings is 1. The lowest BCUT2D eigenvalue weighted by Crippen LogP contribution is -2.51. The number of methoxy groups -OCH3 is 1. The van der Waals surface area contributed by atoms with Crippen LogP contribution in [0.2, 0.25) is 10.0 Å². The highest BCUT2D eigenvalue weighted by Gasteiger charge is 2.37. The van der Waals surface area contributed by atoms with E-state index >= 15 is 0 Å². The van der Waals surface area contributed by atoms with Crippen molar-refractivity contribution in [2.75, 3.05) is 20.3 Å². The zero-order chi connectivity index (χ0) is 17.7. The number of hydrogen-bond donors (Lipinski definition) is 2. The van der Waals surface area contributed by atoms with Gasteiger partial charge in [0.15, 0.2) is 12.9 Å². The molecule has 9 heteroatoms. The molecule has 0 aromatic heterocycles. The van der Waals surface area contributed by atoms with E-state index < -0.39 is 30.6 Å². The van der Waals surface area contributed by atoms with Crippen molar-refractivity contribution in [2.45, 2.75) is 31.0 Å². The van der Waals surface area contributed by atoms with Crippen LogP contribution in [-0.4, -0.2) is 61.1 Å². The summed E-state index contributed by atoms with van der Waals surface area (Å²) in [5.74, 6) is -0.382. The van der Waals surface area contributed by atoms with Gasteiger partial charge in [-0.2, -0.15) is 0 Å². The maximum absolute atomic E-state index is 11.7. The lowest BCUT2D eigenvalue weighted by Gasteiger charge is -2.35. The van der Waals surface area contributed by atoms with Crippen LogP contribution in [0.15, 0.2) is 18.2 Å². The molecule has 1 aliphatic heterocycles. The highest BCUT2D eigenvalue weighted by atomic mass is 35.5. The van der Waals surface area contributed by atoms with Gasteiger partial charge in [-0.3, -0.25) is 0 Å². The first-order chi connectivity index (χ1) is 11.4. The van der Waals surface area contributed by atoms with Gasteiger partial charge in [-0.05, 0) is 18.2 Å². The van der Waals surface area contributed by atoms with Gasteiger partial charge in [0.2, 0.25) is 0 Å². The Morgan fingerprint density at radius 1 is 1.38 bits per heavy atom. The van der Waals surface area contributed by atoms with Crippen LogP contribution in [0.25, 0.3) is 0 Å². The van der Waals surface area contributed by atoms with E-state index in [4.69, 9.17) is 42.1 Å². The van der Waals surface area contributed by atoms with Gasteiger partial charge in [-0.25, -0.2) is 4.79 Å². The smallest absolute Gasteiger partial charge is 0.344 e. The zero-order valence-corrected chi connectivity index (χ0v) is 14.4. The fraction of sp³-hybridized carbons (Fsp3) is 0.533. The molecule has 2 N–H and O–H groups in total. The van der Waals surface area contributed by atoms with Crippen LogP contribution in [0.3, 0.4) is 0 Å². The second-order valence-electron chi connectivity index (χ2n) is 5.18. The third-order valence-corrected chi connectivity index (χ3v) is 3.98. The Hall–Kier alpha value is -1.09. The summed E-state index contributed by atoms with van der Waals surface area (Å²) >= 11 is 11.7. The standard InChI is InChI=1S/C15H18Cl2O7/c1-21-14-5-10(18)15(20)12(24-14)6-23-13(19)7-22-11-3-2-8(16)4-9(11)17/h2-4,10,12,14-15,18,20H,5-7H2,1H3/t10?,12?,14-,15-/m0/s1. The van der Waals surface area contributed by atoms with E-state index in [1.165, 1.54) is 19.2 Å². The Kier molecular flexibility index (Phi) is 7.09. The fourth-order valence-electron chi connectivity index (χ4n) is 2.15. The van der Waals surface area contributed by atoms with Gasteiger partial charge in [0.25, 0.3) is 0 Å². The average molecular weight is 381 g/mol. The minimum atomic E-state index is -1.17. The molecule has 1 aliphatic rings. The third-order valence-electron chi connectivity index (χ3n) is 3.45. The Labute approximate surface area is 149 Å². The summed E-state index contributed by atoms with van der Waals surface area (Å²) in [4.78, 5) is 11.7. The minimum Gasteiger partial charge on any atom is -0.480 e. The van der Waals surface area contributed by atoms with Gasteiger partial charge in [0.05, 0.1) is 11.1 Å². The van der Waals surface area contributed by atoms with Crippen LogP contribution in [0.4, 0.5) is 0 Å². The van der Waals surface area contributed by atoms with Crippen molar-refractivity contribution in [3.63, 3.8) is 0 Å². The summed E-state index contributed by atoms with van der Waals surface area (Å²) < 4.78 is 20.6. The van der Waals surface area contributed by atoms with Crippen LogP contribution < -0.4 is 4.74 Å². The van der Waals surface area contributed by atoms with Gasteiger partial charge < -0.3 is 29.2 Å². The zero-order valence-electron chi connectivity index (χ0n) is 12.9. The SMILES string of the molecule is CO[C@@H]1CC(O)[C@H](O)C(COC(=O)COc2ccc(Cl)cc2Cl)O1. The van der Waals surface area contributed by atoms with Crippen LogP contribution in [0.1, 0.15) is 6.42 Å². The molecule has 4 atom stereocenters. The molecule has 1 heterocycles. The molecule has 0 bridgehead atoms. The first kappa shape index (κ1) is 19.2. The summed E-state index contributed by atoms with van der Waals surface area (Å²) in [5.41, 5.74) is 0. The summed E-state index contributed by atoms with van der Waals surface area (Å²) in [7, 11) is 1.42. The van der Waals surface area contributed by atoms with Gasteiger partial charge in [0.1, 0.15) is 24.6 Å². The predicted octanol–water partition coefficient (Wildman–Crippen LogP) is 1.40. The molecule has 7 nitrogen and oxygen atoms in total. The summed E-state index contributed by atoms with van der Waals surface area (Å²) in [6.07, 6.45) is -3.61. The van der Waals surface area contributed by atoms with E-state index in [-0.39, 0.29) is 24.7 Å². The van der Waals surface area contributed by atoms with Crippen molar-refractivity contribution in [3.05, 3.63) is 28.2 Å². The second-order valence-corrected chi connectivity index (χ2v) is 6.02. The maximum Gasteiger partial charge on any atom is 0.344 e. The average Bonchev–Trinajstić information content (AvgIpc) is 2.55. The van der Waals surface area contributed by atoms with Crippen LogP contribution >= 0.6 is 23.2 Å². The first-order valence-corrected chi connectivity index (χ1v) is 7.94. The van der Waals surface area contributed by atoms with Crippen molar-refractivity contribution < 1.29 is 34.0 Å². The third kappa shape index (κ3) is 5.20. The predicted molar refractivity (Wildman–Crippen MR) is 85.2 cm³/mol. The van der Waals surface area contributed by atoms with Crippen molar-refractivity contribution in [3.8, 4) is 5.75 Å². The van der Waals surface area contributed by atoms with Crippen molar-refractivity contribution >= 4 is 29.2 Å². The Balaban J connectivity index is 1.80. The van der Waals surface area contributed by atoms with E-state index in [1.807, 2.05) is 0 Å². The minimum absolute atomic E-state index is 0.139. The van der Waals surface area contributed by atoms with E-state index in [1.54, 1.807) is 6.07 Å². The Morgan fingerprint density at radius 2 is 2.12 bits per heavy atom. The fourth-order valence-corrected chi connectivity index (χ4v) is 2.61. The molecule has 2 unspecified atom stereocenters. The van der Waals surface area contributed by atoms with Gasteiger partial charge in [0, 0.05) is 18.6 Å². The number of aliphatic hydroxyl groups excluding tert-OH is 2. The molecule has 1 aromatic carbocycles. The topological polar surface area (TPSA) is 94.5 Å². The van der Waals surface area contributed by atoms with E-state index in [0.717, 1.165) is 0 Å². The summed E-state index contributed by atoms with van der Waals surface area (Å²) in [6.45, 7) is -0.616. The molecule has 134 valence electrons. The molecular weight excluding hydrogens is 363 g/mol. The van der Waals surface area contributed by atoms with E-state index in [0.29, 0.717) is 10.8 Å². The van der Waals surface area contributed by atoms with Crippen LogP contribution in [0, 0.1) is 0 Å². The normalized spacial score (nSPS) is 26.9. The quantitative estimate of drug-likeness (QED) is 0.720. The molecule has 1 saturated heterocycles. The lowest BCUT2D eigenvalue weighted by atomic mass is 10.0. The number of carbonyl (C=O) groups is 1. The first-order valence-electron chi connectivity index (χ1n) is 7.18. The molecular formula is C15H18Cl2O7. The number of aliphatic hydroxyl groups is 2. The number of halogens is 2. The van der Waals surface area contributed by atoms with Crippen molar-refractivity contribution in [1.82, 2.24) is 0 Å². The van der Waals surface area contributed by atoms with E-state index in [2.05, 4.69) is 0 Å². The molecule has 1 aromatic rings. The van der Waals surface area contributed by atoms with E-state index in [9.17, 15) is 15.0 Å². The molecule has 0 amide bonds. The molecule has 24 heavy (non-hydrogen) atoms. The highest BCUT2D eigenvalue weighted by Crippen LogP contribution is 2.27. The Morgan fingerprint density at radius 3 is 2.79 bits per heavy atom.